The summed E-state index contributed by atoms with van der Waals surface area (Å²) in [5.41, 5.74) is 1.76. The summed E-state index contributed by atoms with van der Waals surface area (Å²) < 4.78 is 13.2. The molecule has 0 heterocycles. The first-order chi connectivity index (χ1) is 7.59. The van der Waals surface area contributed by atoms with Crippen molar-refractivity contribution in [2.24, 2.45) is 11.8 Å². The summed E-state index contributed by atoms with van der Waals surface area (Å²) in [6.45, 7) is 4.06. The summed E-state index contributed by atoms with van der Waals surface area (Å²) in [4.78, 5) is 0. The van der Waals surface area contributed by atoms with Crippen molar-refractivity contribution in [2.75, 3.05) is 0 Å². The molecule has 0 nitrogen and oxygen atoms in total. The first-order valence-electron chi connectivity index (χ1n) is 5.99. The predicted octanol–water partition coefficient (Wildman–Crippen LogP) is 4.85. The van der Waals surface area contributed by atoms with Gasteiger partial charge in [0, 0.05) is 0 Å². The van der Waals surface area contributed by atoms with Gasteiger partial charge >= 0.3 is 0 Å². The molecule has 0 N–H and O–H groups in total. The van der Waals surface area contributed by atoms with Gasteiger partial charge in [-0.3, -0.25) is 0 Å². The maximum atomic E-state index is 13.2. The third-order valence-corrected chi connectivity index (χ3v) is 4.38. The van der Waals surface area contributed by atoms with Crippen LogP contribution in [0, 0.1) is 24.6 Å². The summed E-state index contributed by atoms with van der Waals surface area (Å²) in [7, 11) is 0. The number of aryl methyl sites for hydroxylation is 1. The molecule has 1 fully saturated rings. The molecule has 0 aromatic heterocycles. The van der Waals surface area contributed by atoms with E-state index in [1.807, 2.05) is 12.1 Å². The van der Waals surface area contributed by atoms with Gasteiger partial charge in [-0.25, -0.2) is 4.39 Å². The zero-order chi connectivity index (χ0) is 11.7. The molecule has 1 saturated carbocycles. The monoisotopic (exact) mass is 240 g/mol. The van der Waals surface area contributed by atoms with Crippen LogP contribution in [-0.4, -0.2) is 0 Å². The van der Waals surface area contributed by atoms with Gasteiger partial charge in [0.15, 0.2) is 0 Å². The molecule has 1 aliphatic rings. The van der Waals surface area contributed by atoms with Gasteiger partial charge in [-0.05, 0) is 42.4 Å². The van der Waals surface area contributed by atoms with E-state index in [2.05, 4.69) is 6.92 Å². The van der Waals surface area contributed by atoms with Gasteiger partial charge in [-0.1, -0.05) is 31.9 Å². The highest BCUT2D eigenvalue weighted by Gasteiger charge is 2.30. The van der Waals surface area contributed by atoms with Gasteiger partial charge in [-0.2, -0.15) is 0 Å². The first kappa shape index (κ1) is 11.9. The number of rotatable bonds is 2. The Morgan fingerprint density at radius 1 is 1.38 bits per heavy atom. The average molecular weight is 241 g/mol. The molecule has 3 unspecified atom stereocenters. The summed E-state index contributed by atoms with van der Waals surface area (Å²) in [6, 6.07) is 5.24. The van der Waals surface area contributed by atoms with E-state index in [1.165, 1.54) is 25.3 Å². The molecule has 1 aromatic carbocycles. The molecule has 0 spiro atoms. The smallest absolute Gasteiger partial charge is 0.126 e. The van der Waals surface area contributed by atoms with Crippen LogP contribution in [0.5, 0.6) is 0 Å². The molecule has 0 saturated heterocycles. The lowest BCUT2D eigenvalue weighted by atomic mass is 9.90. The number of halogens is 2. The standard InChI is InChI=1S/C14H18ClF/c1-9-4-3-5-12(9)14(15)11-6-7-13(16)10(2)8-11/h6-9,12,14H,3-5H2,1-2H3. The van der Waals surface area contributed by atoms with E-state index >= 15 is 0 Å². The Labute approximate surface area is 102 Å². The fourth-order valence-electron chi connectivity index (χ4n) is 2.70. The van der Waals surface area contributed by atoms with Gasteiger partial charge in [0.25, 0.3) is 0 Å². The molecule has 3 atom stereocenters. The molecule has 0 amide bonds. The van der Waals surface area contributed by atoms with Crippen molar-refractivity contribution in [1.29, 1.82) is 0 Å². The predicted molar refractivity (Wildman–Crippen MR) is 66.2 cm³/mol. The van der Waals surface area contributed by atoms with Crippen molar-refractivity contribution in [1.82, 2.24) is 0 Å². The molecule has 88 valence electrons. The normalized spacial score (nSPS) is 27.0. The van der Waals surface area contributed by atoms with E-state index in [1.54, 1.807) is 6.92 Å². The topological polar surface area (TPSA) is 0 Å². The lowest BCUT2D eigenvalue weighted by molar-refractivity contribution is 0.405. The van der Waals surface area contributed by atoms with Crippen LogP contribution in [-0.2, 0) is 0 Å². The Hall–Kier alpha value is -0.560. The van der Waals surface area contributed by atoms with Gasteiger partial charge in [0.1, 0.15) is 5.82 Å². The fraction of sp³-hybridized carbons (Fsp3) is 0.571. The minimum atomic E-state index is -0.146. The van der Waals surface area contributed by atoms with E-state index in [0.29, 0.717) is 17.4 Å². The largest absolute Gasteiger partial charge is 0.207 e. The van der Waals surface area contributed by atoms with Crippen molar-refractivity contribution in [3.63, 3.8) is 0 Å². The van der Waals surface area contributed by atoms with Crippen molar-refractivity contribution >= 4 is 11.6 Å². The highest BCUT2D eigenvalue weighted by Crippen LogP contribution is 2.43. The zero-order valence-electron chi connectivity index (χ0n) is 9.84. The summed E-state index contributed by atoms with van der Waals surface area (Å²) in [5, 5.41) is 0.0387. The third-order valence-electron chi connectivity index (χ3n) is 3.80. The SMILES string of the molecule is Cc1cc(C(Cl)C2CCCC2C)ccc1F. The van der Waals surface area contributed by atoms with E-state index in [9.17, 15) is 4.39 Å². The highest BCUT2D eigenvalue weighted by atomic mass is 35.5. The second-order valence-electron chi connectivity index (χ2n) is 4.98. The summed E-state index contributed by atoms with van der Waals surface area (Å²) in [6.07, 6.45) is 3.75. The van der Waals surface area contributed by atoms with Crippen LogP contribution in [0.2, 0.25) is 0 Å². The van der Waals surface area contributed by atoms with Crippen LogP contribution in [0.25, 0.3) is 0 Å². The fourth-order valence-corrected chi connectivity index (χ4v) is 3.21. The number of hydrogen-bond donors (Lipinski definition) is 0. The molecule has 2 rings (SSSR count). The highest BCUT2D eigenvalue weighted by molar-refractivity contribution is 6.21. The lowest BCUT2D eigenvalue weighted by Crippen LogP contribution is -2.11. The van der Waals surface area contributed by atoms with Crippen LogP contribution >= 0.6 is 11.6 Å². The lowest BCUT2D eigenvalue weighted by Gasteiger charge is -2.22. The van der Waals surface area contributed by atoms with Gasteiger partial charge in [0.2, 0.25) is 0 Å². The first-order valence-corrected chi connectivity index (χ1v) is 6.43. The third kappa shape index (κ3) is 2.24. The van der Waals surface area contributed by atoms with Crippen LogP contribution in [0.4, 0.5) is 4.39 Å². The van der Waals surface area contributed by atoms with Crippen molar-refractivity contribution in [3.05, 3.63) is 35.1 Å². The molecule has 16 heavy (non-hydrogen) atoms. The van der Waals surface area contributed by atoms with E-state index in [4.69, 9.17) is 11.6 Å². The van der Waals surface area contributed by atoms with Gasteiger partial charge in [-0.15, -0.1) is 11.6 Å². The zero-order valence-corrected chi connectivity index (χ0v) is 10.6. The Morgan fingerprint density at radius 2 is 2.12 bits per heavy atom. The molecule has 2 heteroatoms. The second kappa shape index (κ2) is 4.75. The van der Waals surface area contributed by atoms with Crippen molar-refractivity contribution < 1.29 is 4.39 Å². The second-order valence-corrected chi connectivity index (χ2v) is 5.45. The minimum absolute atomic E-state index is 0.0387. The summed E-state index contributed by atoms with van der Waals surface area (Å²) in [5.74, 6) is 1.09. The Bertz CT molecular complexity index is 375. The molecule has 0 aliphatic heterocycles. The van der Waals surface area contributed by atoms with E-state index in [0.717, 1.165) is 5.56 Å². The minimum Gasteiger partial charge on any atom is -0.207 e. The number of alkyl halides is 1. The quantitative estimate of drug-likeness (QED) is 0.649. The number of hydrogen-bond acceptors (Lipinski definition) is 0. The van der Waals surface area contributed by atoms with Gasteiger partial charge < -0.3 is 0 Å². The molecule has 0 bridgehead atoms. The van der Waals surface area contributed by atoms with E-state index < -0.39 is 0 Å². The average Bonchev–Trinajstić information content (AvgIpc) is 2.67. The van der Waals surface area contributed by atoms with Crippen LogP contribution < -0.4 is 0 Å². The van der Waals surface area contributed by atoms with Crippen LogP contribution in [0.15, 0.2) is 18.2 Å². The molecule has 1 aliphatic carbocycles. The van der Waals surface area contributed by atoms with Crippen molar-refractivity contribution in [2.45, 2.75) is 38.5 Å². The Morgan fingerprint density at radius 3 is 2.69 bits per heavy atom. The van der Waals surface area contributed by atoms with Crippen LogP contribution in [0.1, 0.15) is 42.7 Å². The Balaban J connectivity index is 2.20. The number of benzene rings is 1. The maximum absolute atomic E-state index is 13.2. The Kier molecular flexibility index (Phi) is 3.53. The van der Waals surface area contributed by atoms with E-state index in [-0.39, 0.29) is 11.2 Å². The molecular weight excluding hydrogens is 223 g/mol. The molecular formula is C14H18ClF. The van der Waals surface area contributed by atoms with Crippen molar-refractivity contribution in [3.8, 4) is 0 Å². The summed E-state index contributed by atoms with van der Waals surface area (Å²) >= 11 is 6.51. The molecule has 1 aromatic rings. The maximum Gasteiger partial charge on any atom is 0.126 e. The van der Waals surface area contributed by atoms with Crippen LogP contribution in [0.3, 0.4) is 0 Å². The molecule has 0 radical (unpaired) electrons. The van der Waals surface area contributed by atoms with Gasteiger partial charge in [0.05, 0.1) is 5.38 Å².